The van der Waals surface area contributed by atoms with Gasteiger partial charge in [-0.2, -0.15) is 0 Å². The van der Waals surface area contributed by atoms with Gasteiger partial charge in [-0.3, -0.25) is 4.84 Å². The van der Waals surface area contributed by atoms with Gasteiger partial charge < -0.3 is 0 Å². The highest BCUT2D eigenvalue weighted by atomic mass is 35.5. The highest BCUT2D eigenvalue weighted by molar-refractivity contribution is 7.89. The van der Waals surface area contributed by atoms with Crippen molar-refractivity contribution in [1.29, 1.82) is 0 Å². The summed E-state index contributed by atoms with van der Waals surface area (Å²) in [5.74, 6) is 0.198. The zero-order valence-electron chi connectivity index (χ0n) is 9.53. The number of rotatable bonds is 0. The Hall–Kier alpha value is 0.450. The van der Waals surface area contributed by atoms with E-state index in [-0.39, 0.29) is 17.1 Å². The summed E-state index contributed by atoms with van der Waals surface area (Å²) in [6.07, 6.45) is 1.69. The normalized spacial score (nSPS) is 58.8. The van der Waals surface area contributed by atoms with E-state index in [0.717, 1.165) is 17.3 Å². The lowest BCUT2D eigenvalue weighted by molar-refractivity contribution is 0.0704. The summed E-state index contributed by atoms with van der Waals surface area (Å²) in [6, 6.07) is 0. The number of sulfonamides is 1. The molecule has 2 saturated heterocycles. The molecule has 0 amide bonds. The van der Waals surface area contributed by atoms with Crippen molar-refractivity contribution in [2.45, 2.75) is 36.7 Å². The summed E-state index contributed by atoms with van der Waals surface area (Å²) in [5.41, 5.74) is -1.66. The van der Waals surface area contributed by atoms with E-state index >= 15 is 0 Å². The van der Waals surface area contributed by atoms with Crippen LogP contribution in [0.4, 0.5) is 0 Å². The Bertz CT molecular complexity index is 538. The second-order valence-electron chi connectivity index (χ2n) is 6.24. The fraction of sp³-hybridized carbons (Fsp3) is 1.00. The fourth-order valence-corrected chi connectivity index (χ4v) is 8.56. The summed E-state index contributed by atoms with van der Waals surface area (Å²) < 4.78 is 24.1. The van der Waals surface area contributed by atoms with Crippen molar-refractivity contribution in [1.82, 2.24) is 4.47 Å². The van der Waals surface area contributed by atoms with Gasteiger partial charge in [-0.15, -0.1) is 0 Å². The van der Waals surface area contributed by atoms with Gasteiger partial charge in [0.25, 0.3) is 0 Å². The van der Waals surface area contributed by atoms with E-state index in [4.69, 9.17) is 28.0 Å². The minimum atomic E-state index is -3.36. The van der Waals surface area contributed by atoms with Gasteiger partial charge in [-0.05, 0) is 22.7 Å². The van der Waals surface area contributed by atoms with Crippen molar-refractivity contribution in [2.24, 2.45) is 16.7 Å². The lowest BCUT2D eigenvalue weighted by atomic mass is 9.68. The van der Waals surface area contributed by atoms with E-state index in [9.17, 15) is 8.42 Å². The van der Waals surface area contributed by atoms with Crippen LogP contribution >= 0.6 is 23.2 Å². The fourth-order valence-electron chi connectivity index (χ4n) is 4.73. The summed E-state index contributed by atoms with van der Waals surface area (Å²) >= 11 is 13.0. The van der Waals surface area contributed by atoms with E-state index in [1.54, 1.807) is 0 Å². The Balaban J connectivity index is 2.05. The zero-order chi connectivity index (χ0) is 12.5. The molecular weight excluding hydrogens is 285 g/mol. The Kier molecular flexibility index (Phi) is 1.59. The highest BCUT2D eigenvalue weighted by Gasteiger charge is 2.97. The average molecular weight is 298 g/mol. The second kappa shape index (κ2) is 2.40. The molecule has 0 aromatic rings. The third-order valence-corrected chi connectivity index (χ3v) is 8.36. The van der Waals surface area contributed by atoms with Crippen LogP contribution in [0.5, 0.6) is 0 Å². The van der Waals surface area contributed by atoms with Crippen molar-refractivity contribution < 1.29 is 13.3 Å². The van der Waals surface area contributed by atoms with Crippen molar-refractivity contribution >= 4 is 33.2 Å². The van der Waals surface area contributed by atoms with Crippen molar-refractivity contribution in [3.05, 3.63) is 0 Å². The number of nitrogens with zero attached hydrogens (tertiary/aromatic N) is 1. The molecule has 0 aromatic heterocycles. The maximum absolute atomic E-state index is 12.1. The molecule has 0 N–H and O–H groups in total. The van der Waals surface area contributed by atoms with Crippen molar-refractivity contribution in [3.8, 4) is 0 Å². The summed E-state index contributed by atoms with van der Waals surface area (Å²) in [6.45, 7) is 4.14. The minimum absolute atomic E-state index is 0.0823. The first-order chi connectivity index (χ1) is 7.64. The Morgan fingerprint density at radius 3 is 2.53 bits per heavy atom. The maximum Gasteiger partial charge on any atom is 0.239 e. The molecule has 0 radical (unpaired) electrons. The van der Waals surface area contributed by atoms with Crippen LogP contribution in [0.15, 0.2) is 0 Å². The van der Waals surface area contributed by atoms with E-state index in [2.05, 4.69) is 13.8 Å². The molecule has 2 bridgehead atoms. The van der Waals surface area contributed by atoms with Crippen LogP contribution < -0.4 is 0 Å². The Morgan fingerprint density at radius 2 is 2.00 bits per heavy atom. The zero-order valence-corrected chi connectivity index (χ0v) is 11.9. The highest BCUT2D eigenvalue weighted by Crippen LogP contribution is 2.85. The Labute approximate surface area is 110 Å². The minimum Gasteiger partial charge on any atom is -0.251 e. The molecule has 17 heavy (non-hydrogen) atoms. The van der Waals surface area contributed by atoms with E-state index in [1.165, 1.54) is 0 Å². The lowest BCUT2D eigenvalue weighted by Gasteiger charge is -2.36. The van der Waals surface area contributed by atoms with Gasteiger partial charge in [0.05, 0.1) is 5.75 Å². The van der Waals surface area contributed by atoms with E-state index in [0.29, 0.717) is 0 Å². The summed E-state index contributed by atoms with van der Waals surface area (Å²) in [4.78, 5) is 5.44. The van der Waals surface area contributed by atoms with Crippen molar-refractivity contribution in [3.63, 3.8) is 0 Å². The van der Waals surface area contributed by atoms with Gasteiger partial charge in [-0.25, -0.2) is 8.42 Å². The largest absolute Gasteiger partial charge is 0.251 e. The quantitative estimate of drug-likeness (QED) is 0.507. The number of hydroxylamine groups is 1. The standard InChI is InChI=1S/C10H13Cl2NO3S/c1-7(2)6-3-4-8(7)5-17(14,15)13-10(8,16-13)9(6,11)12/h6H,3-5H2,1-2H3/t6?,8-,10+,13?/m0/s1. The predicted octanol–water partition coefficient (Wildman–Crippen LogP) is 1.88. The molecule has 2 aliphatic heterocycles. The molecular formula is C10H13Cl2NO3S. The molecule has 4 aliphatic rings. The number of alkyl halides is 2. The Morgan fingerprint density at radius 1 is 1.35 bits per heavy atom. The number of hydrogen-bond donors (Lipinski definition) is 0. The monoisotopic (exact) mass is 297 g/mol. The van der Waals surface area contributed by atoms with Gasteiger partial charge in [0.2, 0.25) is 15.7 Å². The number of halogens is 2. The molecule has 7 heteroatoms. The SMILES string of the molecule is CC1(C)C2CC[C@]13CS(=O)(=O)N1O[C@]13C2(Cl)Cl. The molecule has 96 valence electrons. The van der Waals surface area contributed by atoms with Gasteiger partial charge in [0.1, 0.15) is 0 Å². The smallest absolute Gasteiger partial charge is 0.239 e. The molecule has 2 saturated carbocycles. The van der Waals surface area contributed by atoms with Crippen molar-refractivity contribution in [2.75, 3.05) is 5.75 Å². The van der Waals surface area contributed by atoms with Gasteiger partial charge in [0.15, 0.2) is 4.33 Å². The van der Waals surface area contributed by atoms with Gasteiger partial charge >= 0.3 is 0 Å². The molecule has 4 rings (SSSR count). The summed E-state index contributed by atoms with van der Waals surface area (Å²) in [5, 5.41) is 0. The molecule has 2 spiro atoms. The van der Waals surface area contributed by atoms with Crippen LogP contribution in [-0.2, 0) is 14.9 Å². The second-order valence-corrected chi connectivity index (χ2v) is 9.41. The van der Waals surface area contributed by atoms with Crippen LogP contribution in [0.2, 0.25) is 0 Å². The lowest BCUT2D eigenvalue weighted by Crippen LogP contribution is -2.48. The number of fused-ring (bicyclic) bond motifs is 1. The average Bonchev–Trinajstić information content (AvgIpc) is 2.78. The van der Waals surface area contributed by atoms with E-state index < -0.39 is 25.5 Å². The molecule has 2 aliphatic carbocycles. The van der Waals surface area contributed by atoms with Gasteiger partial charge in [-0.1, -0.05) is 37.0 Å². The van der Waals surface area contributed by atoms with Crippen LogP contribution in [0.3, 0.4) is 0 Å². The first kappa shape index (κ1) is 11.3. The van der Waals surface area contributed by atoms with Crippen LogP contribution in [-0.4, -0.2) is 28.7 Å². The van der Waals surface area contributed by atoms with Crippen LogP contribution in [0.1, 0.15) is 26.7 Å². The molecule has 2 heterocycles. The molecule has 4 nitrogen and oxygen atoms in total. The van der Waals surface area contributed by atoms with Gasteiger partial charge in [0, 0.05) is 11.3 Å². The predicted molar refractivity (Wildman–Crippen MR) is 62.8 cm³/mol. The molecule has 2 unspecified atom stereocenters. The summed E-state index contributed by atoms with van der Waals surface area (Å²) in [7, 11) is -3.36. The first-order valence-electron chi connectivity index (χ1n) is 5.74. The first-order valence-corrected chi connectivity index (χ1v) is 8.10. The van der Waals surface area contributed by atoms with E-state index in [1.807, 2.05) is 0 Å². The van der Waals surface area contributed by atoms with Crippen LogP contribution in [0, 0.1) is 16.7 Å². The van der Waals surface area contributed by atoms with Crippen LogP contribution in [0.25, 0.3) is 0 Å². The topological polar surface area (TPSA) is 49.7 Å². The molecule has 4 atom stereocenters. The molecule has 4 fully saturated rings. The number of hydrogen-bond acceptors (Lipinski definition) is 3. The third-order valence-electron chi connectivity index (χ3n) is 5.62. The third kappa shape index (κ3) is 0.778. The maximum atomic E-state index is 12.1. The molecule has 0 aromatic carbocycles.